The highest BCUT2D eigenvalue weighted by Crippen LogP contribution is 2.31. The van der Waals surface area contributed by atoms with Gasteiger partial charge in [-0.15, -0.1) is 10.2 Å². The second-order valence-corrected chi connectivity index (χ2v) is 7.91. The lowest BCUT2D eigenvalue weighted by atomic mass is 10.1. The van der Waals surface area contributed by atoms with Gasteiger partial charge >= 0.3 is 0 Å². The summed E-state index contributed by atoms with van der Waals surface area (Å²) in [4.78, 5) is 3.27. The van der Waals surface area contributed by atoms with Crippen molar-refractivity contribution in [2.45, 2.75) is 45.9 Å². The van der Waals surface area contributed by atoms with Crippen LogP contribution in [-0.4, -0.2) is 23.6 Å². The SMILES string of the molecule is CCc1nnc(-c2[nH]c(C)c(S(=O)(=O)Nc3cccc(C)c3C)c2C)o1. The minimum atomic E-state index is -3.77. The van der Waals surface area contributed by atoms with Gasteiger partial charge in [-0.1, -0.05) is 19.1 Å². The van der Waals surface area contributed by atoms with Crippen molar-refractivity contribution >= 4 is 15.7 Å². The van der Waals surface area contributed by atoms with Crippen molar-refractivity contribution in [3.63, 3.8) is 0 Å². The smallest absolute Gasteiger partial charge is 0.264 e. The Morgan fingerprint density at radius 2 is 1.85 bits per heavy atom. The summed E-state index contributed by atoms with van der Waals surface area (Å²) >= 11 is 0. The van der Waals surface area contributed by atoms with E-state index >= 15 is 0 Å². The first-order valence-corrected chi connectivity index (χ1v) is 9.83. The lowest BCUT2D eigenvalue weighted by Crippen LogP contribution is -2.15. The van der Waals surface area contributed by atoms with Crippen molar-refractivity contribution in [2.24, 2.45) is 0 Å². The van der Waals surface area contributed by atoms with Gasteiger partial charge in [0, 0.05) is 17.7 Å². The molecule has 0 unspecified atom stereocenters. The second-order valence-electron chi connectivity index (χ2n) is 6.29. The lowest BCUT2D eigenvalue weighted by Gasteiger charge is -2.12. The largest absolute Gasteiger partial charge is 0.419 e. The van der Waals surface area contributed by atoms with E-state index in [1.165, 1.54) is 0 Å². The van der Waals surface area contributed by atoms with E-state index in [4.69, 9.17) is 4.42 Å². The Hall–Kier alpha value is -2.61. The maximum absolute atomic E-state index is 13.0. The molecule has 0 atom stereocenters. The molecule has 3 aromatic rings. The number of nitrogens with one attached hydrogen (secondary N) is 2. The molecule has 2 aromatic heterocycles. The summed E-state index contributed by atoms with van der Waals surface area (Å²) in [5.74, 6) is 0.792. The summed E-state index contributed by atoms with van der Waals surface area (Å²) in [6, 6.07) is 5.52. The standard InChI is InChI=1S/C18H22N4O3S/c1-6-15-20-21-18(25-15)16-12(4)17(13(5)19-16)26(23,24)22-14-9-7-8-10(2)11(14)3/h7-9,19,22H,6H2,1-5H3. The molecule has 1 aromatic carbocycles. The van der Waals surface area contributed by atoms with Crippen molar-refractivity contribution < 1.29 is 12.8 Å². The molecule has 0 fully saturated rings. The quantitative estimate of drug-likeness (QED) is 0.710. The Morgan fingerprint density at radius 3 is 2.50 bits per heavy atom. The summed E-state index contributed by atoms with van der Waals surface area (Å²) < 4.78 is 34.3. The fraction of sp³-hybridized carbons (Fsp3) is 0.333. The van der Waals surface area contributed by atoms with Gasteiger partial charge in [-0.05, 0) is 44.9 Å². The molecule has 0 bridgehead atoms. The second kappa shape index (κ2) is 6.60. The Labute approximate surface area is 152 Å². The topological polar surface area (TPSA) is 101 Å². The molecule has 0 radical (unpaired) electrons. The minimum absolute atomic E-state index is 0.199. The summed E-state index contributed by atoms with van der Waals surface area (Å²) in [6.07, 6.45) is 0.616. The van der Waals surface area contributed by atoms with E-state index in [0.29, 0.717) is 35.0 Å². The van der Waals surface area contributed by atoms with Crippen LogP contribution in [0.4, 0.5) is 5.69 Å². The van der Waals surface area contributed by atoms with Crippen LogP contribution in [0.5, 0.6) is 0 Å². The van der Waals surface area contributed by atoms with Gasteiger partial charge in [0.15, 0.2) is 0 Å². The van der Waals surface area contributed by atoms with Crippen molar-refractivity contribution in [3.8, 4) is 11.6 Å². The average Bonchev–Trinajstić information content (AvgIpc) is 3.16. The summed E-state index contributed by atoms with van der Waals surface area (Å²) in [5.41, 5.74) is 4.07. The Balaban J connectivity index is 2.04. The molecule has 0 amide bonds. The van der Waals surface area contributed by atoms with Gasteiger partial charge in [0.1, 0.15) is 10.6 Å². The molecule has 0 spiro atoms. The Bertz CT molecular complexity index is 1060. The first-order valence-electron chi connectivity index (χ1n) is 8.35. The van der Waals surface area contributed by atoms with E-state index in [2.05, 4.69) is 19.9 Å². The molecule has 2 N–H and O–H groups in total. The Morgan fingerprint density at radius 1 is 1.12 bits per heavy atom. The molecule has 7 nitrogen and oxygen atoms in total. The van der Waals surface area contributed by atoms with Gasteiger partial charge in [0.05, 0.1) is 5.69 Å². The number of nitrogens with zero attached hydrogens (tertiary/aromatic N) is 2. The van der Waals surface area contributed by atoms with Gasteiger partial charge in [-0.25, -0.2) is 8.42 Å². The van der Waals surface area contributed by atoms with Crippen molar-refractivity contribution in [1.82, 2.24) is 15.2 Å². The van der Waals surface area contributed by atoms with Gasteiger partial charge in [0.2, 0.25) is 5.89 Å². The molecule has 0 aliphatic rings. The first kappa shape index (κ1) is 18.2. The predicted molar refractivity (Wildman–Crippen MR) is 99.7 cm³/mol. The van der Waals surface area contributed by atoms with Crippen LogP contribution >= 0.6 is 0 Å². The minimum Gasteiger partial charge on any atom is -0.419 e. The lowest BCUT2D eigenvalue weighted by molar-refractivity contribution is 0.511. The molecule has 0 aliphatic carbocycles. The average molecular weight is 374 g/mol. The number of benzene rings is 1. The third-order valence-electron chi connectivity index (χ3n) is 4.47. The summed E-state index contributed by atoms with van der Waals surface area (Å²) in [6.45, 7) is 9.19. The molecule has 0 aliphatic heterocycles. The highest BCUT2D eigenvalue weighted by molar-refractivity contribution is 7.92. The van der Waals surface area contributed by atoms with Gasteiger partial charge in [-0.3, -0.25) is 4.72 Å². The van der Waals surface area contributed by atoms with Crippen LogP contribution in [0.25, 0.3) is 11.6 Å². The molecular weight excluding hydrogens is 352 g/mol. The van der Waals surface area contributed by atoms with E-state index in [1.807, 2.05) is 32.9 Å². The highest BCUT2D eigenvalue weighted by atomic mass is 32.2. The molecular formula is C18H22N4O3S. The monoisotopic (exact) mass is 374 g/mol. The zero-order chi connectivity index (χ0) is 19.1. The molecule has 3 rings (SSSR count). The fourth-order valence-electron chi connectivity index (χ4n) is 2.90. The van der Waals surface area contributed by atoms with Crippen LogP contribution in [0.1, 0.15) is 35.2 Å². The van der Waals surface area contributed by atoms with Crippen LogP contribution in [-0.2, 0) is 16.4 Å². The first-order chi connectivity index (χ1) is 12.2. The van der Waals surface area contributed by atoms with E-state index in [-0.39, 0.29) is 10.8 Å². The van der Waals surface area contributed by atoms with Crippen LogP contribution in [0.15, 0.2) is 27.5 Å². The Kier molecular flexibility index (Phi) is 4.62. The number of H-pyrrole nitrogens is 1. The number of sulfonamides is 1. The van der Waals surface area contributed by atoms with Crippen molar-refractivity contribution in [3.05, 3.63) is 46.5 Å². The zero-order valence-corrected chi connectivity index (χ0v) is 16.3. The van der Waals surface area contributed by atoms with Crippen LogP contribution in [0, 0.1) is 27.7 Å². The highest BCUT2D eigenvalue weighted by Gasteiger charge is 2.27. The van der Waals surface area contributed by atoms with Crippen LogP contribution < -0.4 is 4.72 Å². The number of hydrogen-bond donors (Lipinski definition) is 2. The maximum atomic E-state index is 13.0. The zero-order valence-electron chi connectivity index (χ0n) is 15.5. The molecule has 0 saturated heterocycles. The van der Waals surface area contributed by atoms with E-state index in [9.17, 15) is 8.42 Å². The number of aromatic nitrogens is 3. The predicted octanol–water partition coefficient (Wildman–Crippen LogP) is 3.66. The molecule has 138 valence electrons. The summed E-state index contributed by atoms with van der Waals surface area (Å²) in [7, 11) is -3.77. The normalized spacial score (nSPS) is 11.7. The molecule has 0 saturated carbocycles. The van der Waals surface area contributed by atoms with Gasteiger partial charge in [-0.2, -0.15) is 0 Å². The van der Waals surface area contributed by atoms with Gasteiger partial charge < -0.3 is 9.40 Å². The van der Waals surface area contributed by atoms with Crippen molar-refractivity contribution in [1.29, 1.82) is 0 Å². The number of aromatic amines is 1. The van der Waals surface area contributed by atoms with Crippen molar-refractivity contribution in [2.75, 3.05) is 4.72 Å². The van der Waals surface area contributed by atoms with Crippen LogP contribution in [0.2, 0.25) is 0 Å². The maximum Gasteiger partial charge on any atom is 0.264 e. The number of rotatable bonds is 5. The number of aryl methyl sites for hydroxylation is 3. The van der Waals surface area contributed by atoms with E-state index in [1.54, 1.807) is 19.9 Å². The third kappa shape index (κ3) is 3.12. The molecule has 26 heavy (non-hydrogen) atoms. The molecule has 8 heteroatoms. The van der Waals surface area contributed by atoms with Crippen LogP contribution in [0.3, 0.4) is 0 Å². The number of hydrogen-bond acceptors (Lipinski definition) is 5. The third-order valence-corrected chi connectivity index (χ3v) is 6.11. The summed E-state index contributed by atoms with van der Waals surface area (Å²) in [5, 5.41) is 7.94. The number of anilines is 1. The van der Waals surface area contributed by atoms with Gasteiger partial charge in [0.25, 0.3) is 15.9 Å². The van der Waals surface area contributed by atoms with E-state index in [0.717, 1.165) is 11.1 Å². The van der Waals surface area contributed by atoms with E-state index < -0.39 is 10.0 Å². The molecule has 2 heterocycles. The fourth-order valence-corrected chi connectivity index (χ4v) is 4.48.